The Bertz CT molecular complexity index is 403. The Hall–Kier alpha value is -1.00. The summed E-state index contributed by atoms with van der Waals surface area (Å²) in [6, 6.07) is 8.91. The number of thioether (sulfide) groups is 1. The zero-order chi connectivity index (χ0) is 15.0. The number of rotatable bonds is 8. The first kappa shape index (κ1) is 17.1. The number of hydrogen-bond acceptors (Lipinski definition) is 3. The van der Waals surface area contributed by atoms with Crippen molar-refractivity contribution >= 4 is 17.7 Å². The molecule has 0 heterocycles. The molecule has 0 bridgehead atoms. The highest BCUT2D eigenvalue weighted by atomic mass is 32.2. The summed E-state index contributed by atoms with van der Waals surface area (Å²) in [5.74, 6) is 0.113. The van der Waals surface area contributed by atoms with E-state index in [9.17, 15) is 4.79 Å². The fourth-order valence-corrected chi connectivity index (χ4v) is 2.55. The van der Waals surface area contributed by atoms with Gasteiger partial charge < -0.3 is 10.6 Å². The van der Waals surface area contributed by atoms with E-state index >= 15 is 0 Å². The van der Waals surface area contributed by atoms with Gasteiger partial charge in [0.15, 0.2) is 0 Å². The zero-order valence-electron chi connectivity index (χ0n) is 12.9. The van der Waals surface area contributed by atoms with Gasteiger partial charge in [-0.05, 0) is 31.0 Å². The Balaban J connectivity index is 2.46. The third kappa shape index (κ3) is 6.44. The van der Waals surface area contributed by atoms with Gasteiger partial charge in [-0.25, -0.2) is 0 Å². The van der Waals surface area contributed by atoms with Gasteiger partial charge in [0.05, 0.1) is 5.25 Å². The minimum atomic E-state index is -0.0545. The summed E-state index contributed by atoms with van der Waals surface area (Å²) in [6.45, 7) is 9.92. The van der Waals surface area contributed by atoms with Crippen molar-refractivity contribution in [2.45, 2.75) is 56.8 Å². The smallest absolute Gasteiger partial charge is 0.233 e. The van der Waals surface area contributed by atoms with E-state index in [4.69, 9.17) is 0 Å². The molecule has 3 nitrogen and oxygen atoms in total. The fourth-order valence-electron chi connectivity index (χ4n) is 1.66. The Morgan fingerprint density at radius 2 is 1.85 bits per heavy atom. The van der Waals surface area contributed by atoms with Gasteiger partial charge in [0.2, 0.25) is 5.91 Å². The van der Waals surface area contributed by atoms with Gasteiger partial charge >= 0.3 is 0 Å². The van der Waals surface area contributed by atoms with Gasteiger partial charge in [0, 0.05) is 24.0 Å². The molecule has 0 saturated heterocycles. The van der Waals surface area contributed by atoms with Crippen LogP contribution in [0.25, 0.3) is 0 Å². The number of nitrogens with one attached hydrogen (secondary N) is 2. The third-order valence-corrected chi connectivity index (χ3v) is 3.98. The molecule has 0 radical (unpaired) electrons. The first-order valence-corrected chi connectivity index (χ1v) is 8.17. The molecular weight excluding hydrogens is 268 g/mol. The van der Waals surface area contributed by atoms with E-state index in [0.717, 1.165) is 24.4 Å². The maximum Gasteiger partial charge on any atom is 0.233 e. The van der Waals surface area contributed by atoms with Gasteiger partial charge in [0.25, 0.3) is 0 Å². The van der Waals surface area contributed by atoms with E-state index in [-0.39, 0.29) is 11.2 Å². The highest BCUT2D eigenvalue weighted by molar-refractivity contribution is 8.00. The first-order chi connectivity index (χ1) is 9.52. The van der Waals surface area contributed by atoms with Crippen LogP contribution >= 0.6 is 11.8 Å². The summed E-state index contributed by atoms with van der Waals surface area (Å²) in [6.07, 6.45) is 0.973. The topological polar surface area (TPSA) is 41.1 Å². The highest BCUT2D eigenvalue weighted by Gasteiger charge is 2.13. The Morgan fingerprint density at radius 3 is 2.40 bits per heavy atom. The minimum absolute atomic E-state index is 0.0545. The second-order valence-corrected chi connectivity index (χ2v) is 6.64. The lowest BCUT2D eigenvalue weighted by Gasteiger charge is -2.12. The molecule has 2 N–H and O–H groups in total. The monoisotopic (exact) mass is 294 g/mol. The van der Waals surface area contributed by atoms with Crippen molar-refractivity contribution in [2.24, 2.45) is 0 Å². The zero-order valence-corrected chi connectivity index (χ0v) is 13.7. The second kappa shape index (κ2) is 9.03. The molecule has 0 aliphatic carbocycles. The Kier molecular flexibility index (Phi) is 7.70. The van der Waals surface area contributed by atoms with Crippen LogP contribution in [0.1, 0.15) is 39.7 Å². The summed E-state index contributed by atoms with van der Waals surface area (Å²) in [7, 11) is 0. The van der Waals surface area contributed by atoms with Crippen LogP contribution in [-0.4, -0.2) is 23.7 Å². The molecule has 0 spiro atoms. The van der Waals surface area contributed by atoms with Crippen LogP contribution in [0.2, 0.25) is 0 Å². The molecule has 1 aromatic carbocycles. The molecule has 0 aliphatic rings. The molecule has 1 aromatic rings. The normalized spacial score (nSPS) is 12.4. The van der Waals surface area contributed by atoms with E-state index in [1.807, 2.05) is 6.92 Å². The first-order valence-electron chi connectivity index (χ1n) is 7.29. The van der Waals surface area contributed by atoms with Crippen LogP contribution in [-0.2, 0) is 11.3 Å². The van der Waals surface area contributed by atoms with Crippen molar-refractivity contribution in [2.75, 3.05) is 6.54 Å². The largest absolute Gasteiger partial charge is 0.355 e. The summed E-state index contributed by atoms with van der Waals surface area (Å²) in [4.78, 5) is 12.9. The van der Waals surface area contributed by atoms with E-state index in [0.29, 0.717) is 6.04 Å². The lowest BCUT2D eigenvalue weighted by Crippen LogP contribution is -2.31. The van der Waals surface area contributed by atoms with Crippen molar-refractivity contribution in [1.82, 2.24) is 10.6 Å². The molecule has 0 aliphatic heterocycles. The van der Waals surface area contributed by atoms with E-state index in [2.05, 4.69) is 55.7 Å². The quantitative estimate of drug-likeness (QED) is 0.724. The second-order valence-electron chi connectivity index (χ2n) is 5.23. The third-order valence-electron chi connectivity index (χ3n) is 2.87. The Labute approximate surface area is 126 Å². The summed E-state index contributed by atoms with van der Waals surface area (Å²) >= 11 is 1.60. The Morgan fingerprint density at radius 1 is 1.20 bits per heavy atom. The molecule has 112 valence electrons. The average molecular weight is 294 g/mol. The van der Waals surface area contributed by atoms with Crippen molar-refractivity contribution in [3.63, 3.8) is 0 Å². The highest BCUT2D eigenvalue weighted by Crippen LogP contribution is 2.23. The van der Waals surface area contributed by atoms with Crippen LogP contribution in [0, 0.1) is 0 Å². The van der Waals surface area contributed by atoms with Gasteiger partial charge in [-0.2, -0.15) is 0 Å². The van der Waals surface area contributed by atoms with Crippen LogP contribution in [0.3, 0.4) is 0 Å². The van der Waals surface area contributed by atoms with Crippen molar-refractivity contribution in [3.8, 4) is 0 Å². The number of carbonyl (C=O) groups is 1. The molecule has 1 amide bonds. The van der Waals surface area contributed by atoms with Crippen molar-refractivity contribution in [1.29, 1.82) is 0 Å². The number of benzene rings is 1. The predicted octanol–water partition coefficient (Wildman–Crippen LogP) is 3.19. The van der Waals surface area contributed by atoms with E-state index in [1.165, 1.54) is 5.56 Å². The van der Waals surface area contributed by atoms with E-state index in [1.54, 1.807) is 11.8 Å². The van der Waals surface area contributed by atoms with Gasteiger partial charge in [-0.15, -0.1) is 11.8 Å². The van der Waals surface area contributed by atoms with Crippen LogP contribution in [0.5, 0.6) is 0 Å². The molecule has 1 rings (SSSR count). The molecule has 0 fully saturated rings. The molecular formula is C16H26N2OS. The lowest BCUT2D eigenvalue weighted by molar-refractivity contribution is -0.120. The molecule has 20 heavy (non-hydrogen) atoms. The van der Waals surface area contributed by atoms with Crippen molar-refractivity contribution < 1.29 is 4.79 Å². The van der Waals surface area contributed by atoms with Gasteiger partial charge in [-0.3, -0.25) is 4.79 Å². The fraction of sp³-hybridized carbons (Fsp3) is 0.562. The molecule has 1 atom stereocenters. The van der Waals surface area contributed by atoms with Gasteiger partial charge in [0.1, 0.15) is 0 Å². The number of carbonyl (C=O) groups excluding carboxylic acids is 1. The average Bonchev–Trinajstić information content (AvgIpc) is 2.43. The number of amides is 1. The molecule has 0 aromatic heterocycles. The van der Waals surface area contributed by atoms with Crippen LogP contribution < -0.4 is 10.6 Å². The maximum absolute atomic E-state index is 11.8. The predicted molar refractivity (Wildman–Crippen MR) is 87.0 cm³/mol. The molecule has 0 saturated carbocycles. The van der Waals surface area contributed by atoms with Crippen molar-refractivity contribution in [3.05, 3.63) is 29.8 Å². The van der Waals surface area contributed by atoms with Gasteiger partial charge in [-0.1, -0.05) is 32.9 Å². The summed E-state index contributed by atoms with van der Waals surface area (Å²) in [5.41, 5.74) is 1.27. The minimum Gasteiger partial charge on any atom is -0.355 e. The van der Waals surface area contributed by atoms with E-state index < -0.39 is 0 Å². The van der Waals surface area contributed by atoms with Crippen LogP contribution in [0.4, 0.5) is 0 Å². The number of hydrogen-bond donors (Lipinski definition) is 2. The SMILES string of the molecule is CCCNC(=O)C(C)Sc1ccc(CNC(C)C)cc1. The van der Waals surface area contributed by atoms with Crippen LogP contribution in [0.15, 0.2) is 29.2 Å². The summed E-state index contributed by atoms with van der Waals surface area (Å²) < 4.78 is 0. The molecule has 1 unspecified atom stereocenters. The lowest BCUT2D eigenvalue weighted by atomic mass is 10.2. The standard InChI is InChI=1S/C16H26N2OS/c1-5-10-17-16(19)13(4)20-15-8-6-14(7-9-15)11-18-12(2)3/h6-9,12-13,18H,5,10-11H2,1-4H3,(H,17,19). The molecule has 4 heteroatoms. The summed E-state index contributed by atoms with van der Waals surface area (Å²) in [5, 5.41) is 6.26. The maximum atomic E-state index is 11.8.